The molecule has 140 valence electrons. The summed E-state index contributed by atoms with van der Waals surface area (Å²) in [6, 6.07) is 8.72. The van der Waals surface area contributed by atoms with Gasteiger partial charge in [-0.3, -0.25) is 4.79 Å². The number of carbonyl (C=O) groups is 1. The van der Waals surface area contributed by atoms with Crippen molar-refractivity contribution in [2.45, 2.75) is 35.9 Å². The number of hydrogen-bond acceptors (Lipinski definition) is 4. The number of sulfonamides is 1. The van der Waals surface area contributed by atoms with Crippen molar-refractivity contribution in [1.82, 2.24) is 9.62 Å². The lowest BCUT2D eigenvalue weighted by Crippen LogP contribution is -2.44. The summed E-state index contributed by atoms with van der Waals surface area (Å²) >= 11 is 1.22. The van der Waals surface area contributed by atoms with Gasteiger partial charge in [0.25, 0.3) is 15.9 Å². The molecule has 1 saturated heterocycles. The molecule has 0 bridgehead atoms. The van der Waals surface area contributed by atoms with E-state index in [9.17, 15) is 17.6 Å². The van der Waals surface area contributed by atoms with Crippen LogP contribution in [0.3, 0.4) is 0 Å². The Morgan fingerprint density at radius 3 is 2.85 bits per heavy atom. The number of thiophene rings is 1. The number of rotatable bonds is 6. The molecule has 1 aliphatic rings. The number of nitrogens with zero attached hydrogens (tertiary/aromatic N) is 1. The van der Waals surface area contributed by atoms with Crippen LogP contribution in [0.1, 0.15) is 36.0 Å². The van der Waals surface area contributed by atoms with Crippen molar-refractivity contribution in [2.24, 2.45) is 0 Å². The third-order valence-corrected chi connectivity index (χ3v) is 7.81. The summed E-state index contributed by atoms with van der Waals surface area (Å²) in [5.74, 6) is -0.814. The van der Waals surface area contributed by atoms with Crippen LogP contribution in [0.25, 0.3) is 0 Å². The molecule has 8 heteroatoms. The van der Waals surface area contributed by atoms with Crippen molar-refractivity contribution in [3.8, 4) is 0 Å². The molecule has 0 spiro atoms. The Morgan fingerprint density at radius 2 is 2.12 bits per heavy atom. The fourth-order valence-corrected chi connectivity index (χ4v) is 6.03. The quantitative estimate of drug-likeness (QED) is 0.815. The van der Waals surface area contributed by atoms with Gasteiger partial charge in [0.15, 0.2) is 0 Å². The first-order valence-electron chi connectivity index (χ1n) is 8.57. The van der Waals surface area contributed by atoms with E-state index >= 15 is 0 Å². The summed E-state index contributed by atoms with van der Waals surface area (Å²) in [6.07, 6.45) is 3.13. The lowest BCUT2D eigenvalue weighted by atomic mass is 10.0. The number of halogens is 1. The monoisotopic (exact) mass is 396 g/mol. The van der Waals surface area contributed by atoms with Crippen LogP contribution in [-0.4, -0.2) is 37.8 Å². The normalized spacial score (nSPS) is 18.6. The van der Waals surface area contributed by atoms with Crippen LogP contribution in [0, 0.1) is 5.82 Å². The van der Waals surface area contributed by atoms with Gasteiger partial charge in [-0.25, -0.2) is 12.8 Å². The summed E-state index contributed by atoms with van der Waals surface area (Å²) in [5, 5.41) is 4.51. The maximum absolute atomic E-state index is 13.2. The van der Waals surface area contributed by atoms with E-state index in [4.69, 9.17) is 0 Å². The highest BCUT2D eigenvalue weighted by molar-refractivity contribution is 7.91. The molecule has 1 amide bonds. The maximum Gasteiger partial charge on any atom is 0.252 e. The summed E-state index contributed by atoms with van der Waals surface area (Å²) in [4.78, 5) is 12.1. The summed E-state index contributed by atoms with van der Waals surface area (Å²) in [6.45, 7) is 0.846. The molecule has 1 N–H and O–H groups in total. The van der Waals surface area contributed by atoms with E-state index in [-0.39, 0.29) is 17.5 Å². The molecule has 1 aromatic carbocycles. The average molecular weight is 397 g/mol. The van der Waals surface area contributed by atoms with Gasteiger partial charge in [-0.1, -0.05) is 18.6 Å². The van der Waals surface area contributed by atoms with Gasteiger partial charge < -0.3 is 5.32 Å². The van der Waals surface area contributed by atoms with Crippen LogP contribution < -0.4 is 5.32 Å². The van der Waals surface area contributed by atoms with Gasteiger partial charge in [0.2, 0.25) is 0 Å². The van der Waals surface area contributed by atoms with E-state index in [1.807, 2.05) is 0 Å². The van der Waals surface area contributed by atoms with Crippen LogP contribution >= 0.6 is 11.3 Å². The lowest BCUT2D eigenvalue weighted by Gasteiger charge is -2.34. The van der Waals surface area contributed by atoms with Crippen LogP contribution in [0.2, 0.25) is 0 Å². The first-order valence-corrected chi connectivity index (χ1v) is 10.9. The Morgan fingerprint density at radius 1 is 1.27 bits per heavy atom. The highest BCUT2D eigenvalue weighted by Crippen LogP contribution is 2.29. The van der Waals surface area contributed by atoms with Crippen LogP contribution in [0.5, 0.6) is 0 Å². The highest BCUT2D eigenvalue weighted by Gasteiger charge is 2.33. The molecule has 1 fully saturated rings. The Labute approximate surface area is 156 Å². The average Bonchev–Trinajstić information content (AvgIpc) is 3.17. The largest absolute Gasteiger partial charge is 0.352 e. The molecule has 2 aromatic rings. The van der Waals surface area contributed by atoms with Gasteiger partial charge in [-0.2, -0.15) is 4.31 Å². The zero-order valence-corrected chi connectivity index (χ0v) is 15.9. The molecule has 2 heterocycles. The SMILES string of the molecule is O=C(NCCC1CCCCN1S(=O)(=O)c1cccs1)c1cccc(F)c1. The van der Waals surface area contributed by atoms with Gasteiger partial charge in [0.1, 0.15) is 10.0 Å². The Bertz CT molecular complexity index is 853. The van der Waals surface area contributed by atoms with Gasteiger partial charge in [0, 0.05) is 24.7 Å². The van der Waals surface area contributed by atoms with E-state index in [2.05, 4.69) is 5.32 Å². The highest BCUT2D eigenvalue weighted by atomic mass is 32.2. The Kier molecular flexibility index (Phi) is 6.05. The number of carbonyl (C=O) groups excluding carboxylic acids is 1. The Balaban J connectivity index is 1.61. The third kappa shape index (κ3) is 4.31. The van der Waals surface area contributed by atoms with Crippen LogP contribution in [-0.2, 0) is 10.0 Å². The lowest BCUT2D eigenvalue weighted by molar-refractivity contribution is 0.0949. The first kappa shape index (κ1) is 19.0. The Hall–Kier alpha value is -1.77. The van der Waals surface area contributed by atoms with Gasteiger partial charge >= 0.3 is 0 Å². The number of hydrogen-bond donors (Lipinski definition) is 1. The summed E-state index contributed by atoms with van der Waals surface area (Å²) in [7, 11) is -3.49. The summed E-state index contributed by atoms with van der Waals surface area (Å²) < 4.78 is 40.8. The standard InChI is InChI=1S/C18H21FN2O3S2/c19-15-6-3-5-14(13-15)18(22)20-10-9-16-7-1-2-11-21(16)26(23,24)17-8-4-12-25-17/h3-6,8,12-13,16H,1-2,7,9-11H2,(H,20,22). The minimum Gasteiger partial charge on any atom is -0.352 e. The minimum atomic E-state index is -3.49. The number of piperidine rings is 1. The minimum absolute atomic E-state index is 0.136. The zero-order valence-electron chi connectivity index (χ0n) is 14.2. The molecule has 1 atom stereocenters. The maximum atomic E-state index is 13.2. The van der Waals surface area contributed by atoms with Gasteiger partial charge in [-0.15, -0.1) is 11.3 Å². The van der Waals surface area contributed by atoms with Crippen molar-refractivity contribution < 1.29 is 17.6 Å². The molecule has 3 rings (SSSR count). The van der Waals surface area contributed by atoms with E-state index in [0.717, 1.165) is 19.3 Å². The molecule has 5 nitrogen and oxygen atoms in total. The predicted molar refractivity (Wildman–Crippen MR) is 99.2 cm³/mol. The van der Waals surface area contributed by atoms with Gasteiger partial charge in [-0.05, 0) is 48.9 Å². The predicted octanol–water partition coefficient (Wildman–Crippen LogP) is 3.25. The summed E-state index contributed by atoms with van der Waals surface area (Å²) in [5.41, 5.74) is 0.261. The van der Waals surface area contributed by atoms with E-state index in [1.165, 1.54) is 29.5 Å². The molecule has 0 aliphatic carbocycles. The number of amides is 1. The molecular formula is C18H21FN2O3S2. The molecule has 26 heavy (non-hydrogen) atoms. The van der Waals surface area contributed by atoms with Crippen molar-refractivity contribution in [3.05, 3.63) is 53.2 Å². The third-order valence-electron chi connectivity index (χ3n) is 4.48. The molecule has 0 saturated carbocycles. The van der Waals surface area contributed by atoms with Crippen LogP contribution in [0.15, 0.2) is 46.0 Å². The zero-order chi connectivity index (χ0) is 18.6. The molecular weight excluding hydrogens is 375 g/mol. The molecule has 1 aromatic heterocycles. The molecule has 1 aliphatic heterocycles. The molecule has 0 radical (unpaired) electrons. The second-order valence-corrected chi connectivity index (χ2v) is 9.32. The van der Waals surface area contributed by atoms with Crippen LogP contribution in [0.4, 0.5) is 4.39 Å². The fraction of sp³-hybridized carbons (Fsp3) is 0.389. The fourth-order valence-electron chi connectivity index (χ4n) is 3.19. The first-order chi connectivity index (χ1) is 12.5. The second-order valence-electron chi connectivity index (χ2n) is 6.25. The molecule has 1 unspecified atom stereocenters. The number of nitrogens with one attached hydrogen (secondary N) is 1. The smallest absolute Gasteiger partial charge is 0.252 e. The van der Waals surface area contributed by atoms with Crippen molar-refractivity contribution in [1.29, 1.82) is 0 Å². The van der Waals surface area contributed by atoms with Gasteiger partial charge in [0.05, 0.1) is 0 Å². The van der Waals surface area contributed by atoms with E-state index < -0.39 is 15.8 Å². The second kappa shape index (κ2) is 8.28. The number of benzene rings is 1. The van der Waals surface area contributed by atoms with E-state index in [0.29, 0.717) is 23.7 Å². The van der Waals surface area contributed by atoms with Crippen molar-refractivity contribution in [3.63, 3.8) is 0 Å². The van der Waals surface area contributed by atoms with Crippen molar-refractivity contribution in [2.75, 3.05) is 13.1 Å². The topological polar surface area (TPSA) is 66.5 Å². The van der Waals surface area contributed by atoms with E-state index in [1.54, 1.807) is 27.9 Å². The van der Waals surface area contributed by atoms with Crippen molar-refractivity contribution >= 4 is 27.3 Å².